The second-order valence-corrected chi connectivity index (χ2v) is 4.90. The summed E-state index contributed by atoms with van der Waals surface area (Å²) in [5, 5.41) is 6.51. The molecule has 1 amide bonds. The molecule has 0 unspecified atom stereocenters. The fourth-order valence-corrected chi connectivity index (χ4v) is 2.09. The van der Waals surface area contributed by atoms with Gasteiger partial charge in [0.15, 0.2) is 11.6 Å². The van der Waals surface area contributed by atoms with E-state index in [0.717, 1.165) is 12.1 Å². The molecule has 3 rings (SSSR count). The van der Waals surface area contributed by atoms with E-state index in [1.54, 1.807) is 6.92 Å². The van der Waals surface area contributed by atoms with Gasteiger partial charge in [0.2, 0.25) is 5.95 Å². The van der Waals surface area contributed by atoms with Gasteiger partial charge in [-0.1, -0.05) is 6.07 Å². The van der Waals surface area contributed by atoms with Crippen LogP contribution in [0.2, 0.25) is 0 Å². The van der Waals surface area contributed by atoms with Crippen LogP contribution in [0.25, 0.3) is 5.78 Å². The molecule has 2 aromatic heterocycles. The van der Waals surface area contributed by atoms with E-state index in [1.807, 2.05) is 0 Å². The third-order valence-electron chi connectivity index (χ3n) is 3.13. The van der Waals surface area contributed by atoms with Gasteiger partial charge >= 0.3 is 0 Å². The summed E-state index contributed by atoms with van der Waals surface area (Å²) < 4.78 is 27.3. The zero-order valence-electron chi connectivity index (χ0n) is 12.0. The number of nitrogens with zero attached hydrogens (tertiary/aromatic N) is 4. The Balaban J connectivity index is 1.84. The summed E-state index contributed by atoms with van der Waals surface area (Å²) >= 11 is 0. The zero-order valence-corrected chi connectivity index (χ0v) is 12.0. The third kappa shape index (κ3) is 2.93. The lowest BCUT2D eigenvalue weighted by atomic mass is 10.2. The lowest BCUT2D eigenvalue weighted by molar-refractivity contribution is 0.0943. The molecule has 0 radical (unpaired) electrons. The molecule has 118 valence electrons. The number of rotatable bonds is 3. The Morgan fingerprint density at radius 1 is 1.26 bits per heavy atom. The van der Waals surface area contributed by atoms with Gasteiger partial charge in [-0.05, 0) is 30.7 Å². The minimum Gasteiger partial charge on any atom is -0.366 e. The Kier molecular flexibility index (Phi) is 3.61. The summed E-state index contributed by atoms with van der Waals surface area (Å²) in [7, 11) is 0. The first-order valence-corrected chi connectivity index (χ1v) is 6.66. The van der Waals surface area contributed by atoms with Crippen LogP contribution >= 0.6 is 0 Å². The second-order valence-electron chi connectivity index (χ2n) is 4.90. The van der Waals surface area contributed by atoms with Crippen molar-refractivity contribution in [3.05, 3.63) is 52.9 Å². The number of aryl methyl sites for hydroxylation is 1. The van der Waals surface area contributed by atoms with Gasteiger partial charge in [-0.3, -0.25) is 4.79 Å². The molecule has 1 aromatic carbocycles. The SMILES string of the molecule is Cc1cc(C(=O)NCc2ccc(F)c(F)c2)n2nc(N)nc2n1. The number of nitrogen functional groups attached to an aromatic ring is 1. The summed E-state index contributed by atoms with van der Waals surface area (Å²) in [4.78, 5) is 20.3. The smallest absolute Gasteiger partial charge is 0.270 e. The van der Waals surface area contributed by atoms with Crippen LogP contribution < -0.4 is 11.1 Å². The van der Waals surface area contributed by atoms with Crippen molar-refractivity contribution >= 4 is 17.6 Å². The number of nitrogens with two attached hydrogens (primary N) is 1. The Bertz CT molecular complexity index is 908. The van der Waals surface area contributed by atoms with Crippen LogP contribution in [0.4, 0.5) is 14.7 Å². The quantitative estimate of drug-likeness (QED) is 0.757. The predicted octanol–water partition coefficient (Wildman–Crippen LogP) is 1.22. The van der Waals surface area contributed by atoms with Crippen molar-refractivity contribution in [3.8, 4) is 0 Å². The van der Waals surface area contributed by atoms with Crippen LogP contribution in [0.15, 0.2) is 24.3 Å². The maximum absolute atomic E-state index is 13.2. The Morgan fingerprint density at radius 3 is 2.78 bits per heavy atom. The molecule has 0 fully saturated rings. The number of amides is 1. The minimum absolute atomic E-state index is 0.00208. The van der Waals surface area contributed by atoms with Crippen LogP contribution in [0.1, 0.15) is 21.7 Å². The van der Waals surface area contributed by atoms with E-state index in [1.165, 1.54) is 16.6 Å². The number of benzene rings is 1. The van der Waals surface area contributed by atoms with E-state index in [0.29, 0.717) is 11.3 Å². The van der Waals surface area contributed by atoms with Gasteiger partial charge in [-0.25, -0.2) is 13.8 Å². The van der Waals surface area contributed by atoms with Gasteiger partial charge in [0.25, 0.3) is 11.7 Å². The highest BCUT2D eigenvalue weighted by Crippen LogP contribution is 2.10. The summed E-state index contributed by atoms with van der Waals surface area (Å²) in [6.45, 7) is 1.74. The van der Waals surface area contributed by atoms with Crippen molar-refractivity contribution < 1.29 is 13.6 Å². The van der Waals surface area contributed by atoms with Crippen LogP contribution in [0.5, 0.6) is 0 Å². The first kappa shape index (κ1) is 14.8. The Morgan fingerprint density at radius 2 is 2.04 bits per heavy atom. The largest absolute Gasteiger partial charge is 0.366 e. The average Bonchev–Trinajstić information content (AvgIpc) is 2.87. The molecule has 3 aromatic rings. The average molecular weight is 318 g/mol. The second kappa shape index (κ2) is 5.59. The van der Waals surface area contributed by atoms with Crippen molar-refractivity contribution in [3.63, 3.8) is 0 Å². The van der Waals surface area contributed by atoms with E-state index in [4.69, 9.17) is 5.73 Å². The molecule has 0 atom stereocenters. The van der Waals surface area contributed by atoms with Gasteiger partial charge in [-0.15, -0.1) is 5.10 Å². The number of hydrogen-bond donors (Lipinski definition) is 2. The molecule has 0 aliphatic heterocycles. The predicted molar refractivity (Wildman–Crippen MR) is 77.5 cm³/mol. The van der Waals surface area contributed by atoms with Gasteiger partial charge in [0.05, 0.1) is 0 Å². The van der Waals surface area contributed by atoms with Crippen LogP contribution in [0.3, 0.4) is 0 Å². The van der Waals surface area contributed by atoms with E-state index < -0.39 is 17.5 Å². The van der Waals surface area contributed by atoms with Gasteiger partial charge < -0.3 is 11.1 Å². The fraction of sp³-hybridized carbons (Fsp3) is 0.143. The number of aromatic nitrogens is 4. The standard InChI is InChI=1S/C14H12F2N6O/c1-7-4-11(22-14(19-7)20-13(17)21-22)12(23)18-6-8-2-3-9(15)10(16)5-8/h2-5H,6H2,1H3,(H2,17,21)(H,18,23). The number of nitrogens with one attached hydrogen (secondary N) is 1. The van der Waals surface area contributed by atoms with Crippen molar-refractivity contribution in [1.82, 2.24) is 24.9 Å². The van der Waals surface area contributed by atoms with Crippen molar-refractivity contribution in [2.24, 2.45) is 0 Å². The van der Waals surface area contributed by atoms with Crippen molar-refractivity contribution in [2.45, 2.75) is 13.5 Å². The maximum atomic E-state index is 13.2. The van der Waals surface area contributed by atoms with E-state index in [-0.39, 0.29) is 24.0 Å². The molecule has 0 aliphatic rings. The molecular formula is C14H12F2N6O. The molecule has 0 saturated carbocycles. The topological polar surface area (TPSA) is 98.2 Å². The molecule has 0 aliphatic carbocycles. The fourth-order valence-electron chi connectivity index (χ4n) is 2.09. The first-order chi connectivity index (χ1) is 10.9. The monoisotopic (exact) mass is 318 g/mol. The van der Waals surface area contributed by atoms with E-state index in [9.17, 15) is 13.6 Å². The Hall–Kier alpha value is -3.10. The summed E-state index contributed by atoms with van der Waals surface area (Å²) in [6.07, 6.45) is 0. The molecule has 0 bridgehead atoms. The summed E-state index contributed by atoms with van der Waals surface area (Å²) in [5.74, 6) is -2.17. The van der Waals surface area contributed by atoms with E-state index >= 15 is 0 Å². The molecular weight excluding hydrogens is 306 g/mol. The van der Waals surface area contributed by atoms with Gasteiger partial charge in [0, 0.05) is 12.2 Å². The van der Waals surface area contributed by atoms with Crippen LogP contribution in [0, 0.1) is 18.6 Å². The van der Waals surface area contributed by atoms with Gasteiger partial charge in [0.1, 0.15) is 5.69 Å². The van der Waals surface area contributed by atoms with Crippen LogP contribution in [-0.2, 0) is 6.54 Å². The Labute approximate surface area is 129 Å². The lowest BCUT2D eigenvalue weighted by Crippen LogP contribution is -2.26. The minimum atomic E-state index is -0.969. The summed E-state index contributed by atoms with van der Waals surface area (Å²) in [5.41, 5.74) is 6.71. The van der Waals surface area contributed by atoms with E-state index in [2.05, 4.69) is 20.4 Å². The molecule has 0 spiro atoms. The normalized spacial score (nSPS) is 10.9. The number of carbonyl (C=O) groups excluding carboxylic acids is 1. The maximum Gasteiger partial charge on any atom is 0.270 e. The summed E-state index contributed by atoms with van der Waals surface area (Å²) in [6, 6.07) is 4.95. The van der Waals surface area contributed by atoms with Crippen LogP contribution in [-0.4, -0.2) is 25.5 Å². The molecule has 7 nitrogen and oxygen atoms in total. The van der Waals surface area contributed by atoms with Crippen molar-refractivity contribution in [1.29, 1.82) is 0 Å². The highest BCUT2D eigenvalue weighted by atomic mass is 19.2. The zero-order chi connectivity index (χ0) is 16.6. The molecule has 2 heterocycles. The molecule has 3 N–H and O–H groups in total. The number of hydrogen-bond acceptors (Lipinski definition) is 5. The molecule has 0 saturated heterocycles. The highest BCUT2D eigenvalue weighted by Gasteiger charge is 2.15. The molecule has 9 heteroatoms. The number of halogens is 2. The highest BCUT2D eigenvalue weighted by molar-refractivity contribution is 5.93. The number of fused-ring (bicyclic) bond motifs is 1. The van der Waals surface area contributed by atoms with Crippen molar-refractivity contribution in [2.75, 3.05) is 5.73 Å². The number of anilines is 1. The molecule has 23 heavy (non-hydrogen) atoms. The first-order valence-electron chi connectivity index (χ1n) is 6.66. The van der Waals surface area contributed by atoms with Gasteiger partial charge in [-0.2, -0.15) is 9.50 Å². The third-order valence-corrected chi connectivity index (χ3v) is 3.13. The number of carbonyl (C=O) groups is 1. The lowest BCUT2D eigenvalue weighted by Gasteiger charge is -2.07.